The molecule has 0 radical (unpaired) electrons. The van der Waals surface area contributed by atoms with Gasteiger partial charge in [0.25, 0.3) is 0 Å². The van der Waals surface area contributed by atoms with E-state index in [0.29, 0.717) is 6.42 Å². The first-order chi connectivity index (χ1) is 17.0. The van der Waals surface area contributed by atoms with Crippen molar-refractivity contribution in [2.24, 2.45) is 0 Å². The van der Waals surface area contributed by atoms with Crippen LogP contribution in [-0.4, -0.2) is 84.3 Å². The van der Waals surface area contributed by atoms with Crippen LogP contribution in [0.5, 0.6) is 0 Å². The number of hydrogen-bond acceptors (Lipinski definition) is 8. The molecule has 0 saturated carbocycles. The quantitative estimate of drug-likeness (QED) is 0.0976. The van der Waals surface area contributed by atoms with E-state index in [1.165, 1.54) is 77.0 Å². The van der Waals surface area contributed by atoms with Crippen LogP contribution in [0.1, 0.15) is 110 Å². The number of carbonyl (C=O) groups is 1. The van der Waals surface area contributed by atoms with Gasteiger partial charge in [-0.25, -0.2) is 0 Å². The molecule has 0 unspecified atom stereocenters. The highest BCUT2D eigenvalue weighted by Gasteiger charge is 2.12. The van der Waals surface area contributed by atoms with Gasteiger partial charge in [0.05, 0.1) is 33.0 Å². The van der Waals surface area contributed by atoms with E-state index < -0.39 is 24.9 Å². The standard InChI is InChI=1S/C27H54O8/c1-2-3-4-5-6-7-8-9-10-11-12-13-14-15-16-17-27(32)35-23-26(31)22-34-21-25(30)20-33-19-24(29)18-28/h24-26,28-31H,2-23H2,1H3/t24-,25-,26+/m0/s1. The van der Waals surface area contributed by atoms with Crippen LogP contribution >= 0.6 is 0 Å². The predicted octanol–water partition coefficient (Wildman–Crippen LogP) is 3.90. The van der Waals surface area contributed by atoms with Gasteiger partial charge in [0.2, 0.25) is 0 Å². The first kappa shape index (κ1) is 34.2. The Kier molecular flexibility index (Phi) is 25.7. The summed E-state index contributed by atoms with van der Waals surface area (Å²) in [4.78, 5) is 11.8. The predicted molar refractivity (Wildman–Crippen MR) is 137 cm³/mol. The Morgan fingerprint density at radius 3 is 1.37 bits per heavy atom. The summed E-state index contributed by atoms with van der Waals surface area (Å²) >= 11 is 0. The molecule has 0 spiro atoms. The van der Waals surface area contributed by atoms with Crippen molar-refractivity contribution in [2.45, 2.75) is 128 Å². The summed E-state index contributed by atoms with van der Waals surface area (Å²) in [5.74, 6) is -0.311. The maximum absolute atomic E-state index is 11.8. The fourth-order valence-corrected chi connectivity index (χ4v) is 3.73. The molecule has 0 aliphatic heterocycles. The lowest BCUT2D eigenvalue weighted by molar-refractivity contribution is -0.148. The van der Waals surface area contributed by atoms with Crippen LogP contribution in [0.2, 0.25) is 0 Å². The summed E-state index contributed by atoms with van der Waals surface area (Å²) in [5, 5.41) is 37.3. The molecule has 0 heterocycles. The van der Waals surface area contributed by atoms with Crippen molar-refractivity contribution in [2.75, 3.05) is 39.6 Å². The van der Waals surface area contributed by atoms with Gasteiger partial charge in [-0.3, -0.25) is 4.79 Å². The molecule has 3 atom stereocenters. The van der Waals surface area contributed by atoms with Crippen LogP contribution in [0.25, 0.3) is 0 Å². The molecule has 0 rings (SSSR count). The molecule has 0 aliphatic rings. The third-order valence-electron chi connectivity index (χ3n) is 5.87. The lowest BCUT2D eigenvalue weighted by atomic mass is 10.0. The smallest absolute Gasteiger partial charge is 0.305 e. The first-order valence-electron chi connectivity index (χ1n) is 14.0. The summed E-state index contributed by atoms with van der Waals surface area (Å²) in [6.45, 7) is 1.46. The van der Waals surface area contributed by atoms with Crippen molar-refractivity contribution in [3.05, 3.63) is 0 Å². The topological polar surface area (TPSA) is 126 Å². The van der Waals surface area contributed by atoms with Crippen LogP contribution in [0.4, 0.5) is 0 Å². The van der Waals surface area contributed by atoms with E-state index >= 15 is 0 Å². The third kappa shape index (κ3) is 26.1. The number of hydrogen-bond donors (Lipinski definition) is 4. The lowest BCUT2D eigenvalue weighted by Gasteiger charge is -2.15. The highest BCUT2D eigenvalue weighted by atomic mass is 16.6. The van der Waals surface area contributed by atoms with Crippen molar-refractivity contribution in [1.29, 1.82) is 0 Å². The number of aliphatic hydroxyl groups is 4. The molecule has 35 heavy (non-hydrogen) atoms. The fourth-order valence-electron chi connectivity index (χ4n) is 3.73. The van der Waals surface area contributed by atoms with Crippen molar-refractivity contribution < 1.29 is 39.4 Å². The molecule has 8 nitrogen and oxygen atoms in total. The SMILES string of the molecule is CCCCCCCCCCCCCCCCCC(=O)OC[C@H](O)COC[C@@H](O)COC[C@@H](O)CO. The number of rotatable bonds is 27. The monoisotopic (exact) mass is 506 g/mol. The minimum Gasteiger partial charge on any atom is -0.463 e. The maximum atomic E-state index is 11.8. The molecule has 0 amide bonds. The Morgan fingerprint density at radius 1 is 0.571 bits per heavy atom. The summed E-state index contributed by atoms with van der Waals surface area (Å²) < 4.78 is 15.3. The van der Waals surface area contributed by atoms with Gasteiger partial charge in [-0.2, -0.15) is 0 Å². The number of esters is 1. The highest BCUT2D eigenvalue weighted by Crippen LogP contribution is 2.13. The van der Waals surface area contributed by atoms with Crippen LogP contribution in [0.3, 0.4) is 0 Å². The van der Waals surface area contributed by atoms with Gasteiger partial charge in [-0.05, 0) is 6.42 Å². The van der Waals surface area contributed by atoms with Gasteiger partial charge in [-0.1, -0.05) is 96.8 Å². The second-order valence-electron chi connectivity index (χ2n) is 9.60. The molecule has 210 valence electrons. The minimum absolute atomic E-state index is 0.0542. The van der Waals surface area contributed by atoms with Crippen molar-refractivity contribution in [3.8, 4) is 0 Å². The summed E-state index contributed by atoms with van der Waals surface area (Å²) in [5.41, 5.74) is 0. The van der Waals surface area contributed by atoms with Crippen molar-refractivity contribution in [1.82, 2.24) is 0 Å². The zero-order valence-corrected chi connectivity index (χ0v) is 22.2. The van der Waals surface area contributed by atoms with E-state index in [9.17, 15) is 15.0 Å². The molecule has 8 heteroatoms. The number of ether oxygens (including phenoxy) is 3. The maximum Gasteiger partial charge on any atom is 0.305 e. The number of aliphatic hydroxyl groups excluding tert-OH is 4. The minimum atomic E-state index is -0.978. The van der Waals surface area contributed by atoms with Gasteiger partial charge < -0.3 is 34.6 Å². The Morgan fingerprint density at radius 2 is 0.943 bits per heavy atom. The third-order valence-corrected chi connectivity index (χ3v) is 5.87. The van der Waals surface area contributed by atoms with E-state index in [0.717, 1.165) is 19.3 Å². The van der Waals surface area contributed by atoms with Crippen LogP contribution < -0.4 is 0 Å². The second-order valence-corrected chi connectivity index (χ2v) is 9.60. The molecule has 0 aliphatic carbocycles. The Hall–Kier alpha value is -0.770. The molecule has 0 saturated heterocycles. The zero-order valence-electron chi connectivity index (χ0n) is 22.2. The van der Waals surface area contributed by atoms with Gasteiger partial charge in [-0.15, -0.1) is 0 Å². The van der Waals surface area contributed by atoms with E-state index in [2.05, 4.69) is 6.92 Å². The van der Waals surface area contributed by atoms with Crippen LogP contribution in [-0.2, 0) is 19.0 Å². The zero-order chi connectivity index (χ0) is 26.0. The molecule has 0 aromatic carbocycles. The van der Waals surface area contributed by atoms with Gasteiger partial charge in [0, 0.05) is 6.42 Å². The van der Waals surface area contributed by atoms with E-state index in [1.807, 2.05) is 0 Å². The Bertz CT molecular complexity index is 449. The molecular weight excluding hydrogens is 452 g/mol. The lowest BCUT2D eigenvalue weighted by Crippen LogP contribution is -2.29. The van der Waals surface area contributed by atoms with Gasteiger partial charge in [0.1, 0.15) is 24.9 Å². The summed E-state index contributed by atoms with van der Waals surface area (Å²) in [6, 6.07) is 0. The number of carbonyl (C=O) groups excluding carboxylic acids is 1. The number of unbranched alkanes of at least 4 members (excludes halogenated alkanes) is 14. The van der Waals surface area contributed by atoms with Gasteiger partial charge in [0.15, 0.2) is 0 Å². The molecule has 0 fully saturated rings. The average molecular weight is 507 g/mol. The summed E-state index contributed by atoms with van der Waals surface area (Å²) in [6.07, 6.45) is 16.7. The van der Waals surface area contributed by atoms with Crippen LogP contribution in [0.15, 0.2) is 0 Å². The van der Waals surface area contributed by atoms with Crippen molar-refractivity contribution >= 4 is 5.97 Å². The van der Waals surface area contributed by atoms with E-state index in [4.69, 9.17) is 24.4 Å². The molecule has 0 aromatic heterocycles. The van der Waals surface area contributed by atoms with E-state index in [1.54, 1.807) is 0 Å². The molecule has 0 bridgehead atoms. The molecule has 0 aromatic rings. The summed E-state index contributed by atoms with van der Waals surface area (Å²) in [7, 11) is 0. The Balaban J connectivity index is 3.39. The largest absolute Gasteiger partial charge is 0.463 e. The molecular formula is C27H54O8. The highest BCUT2D eigenvalue weighted by molar-refractivity contribution is 5.69. The van der Waals surface area contributed by atoms with E-state index in [-0.39, 0.29) is 39.0 Å². The molecule has 4 N–H and O–H groups in total. The van der Waals surface area contributed by atoms with Crippen LogP contribution in [0, 0.1) is 0 Å². The van der Waals surface area contributed by atoms with Gasteiger partial charge >= 0.3 is 5.97 Å². The fraction of sp³-hybridized carbons (Fsp3) is 0.963. The Labute approximate surface area is 213 Å². The normalized spacial score (nSPS) is 14.1. The average Bonchev–Trinajstić information content (AvgIpc) is 2.85. The van der Waals surface area contributed by atoms with Crippen molar-refractivity contribution in [3.63, 3.8) is 0 Å². The first-order valence-corrected chi connectivity index (χ1v) is 14.0. The second kappa shape index (κ2) is 26.3.